The smallest absolute Gasteiger partial charge is 0.137 e. The van der Waals surface area contributed by atoms with Crippen LogP contribution in [0.5, 0.6) is 11.5 Å². The van der Waals surface area contributed by atoms with E-state index in [1.807, 2.05) is 30.3 Å². The van der Waals surface area contributed by atoms with Gasteiger partial charge in [-0.1, -0.05) is 18.2 Å². The van der Waals surface area contributed by atoms with E-state index in [4.69, 9.17) is 14.7 Å². The first kappa shape index (κ1) is 14.9. The summed E-state index contributed by atoms with van der Waals surface area (Å²) >= 11 is 0. The van der Waals surface area contributed by atoms with E-state index in [2.05, 4.69) is 6.07 Å². The maximum atomic E-state index is 9.45. The van der Waals surface area contributed by atoms with Crippen LogP contribution in [0.1, 0.15) is 29.7 Å². The van der Waals surface area contributed by atoms with E-state index in [0.717, 1.165) is 16.9 Å². The number of aliphatic hydroxyl groups excluding tert-OH is 1. The highest BCUT2D eigenvalue weighted by atomic mass is 16.5. The van der Waals surface area contributed by atoms with Gasteiger partial charge in [-0.2, -0.15) is 5.26 Å². The predicted molar refractivity (Wildman–Crippen MR) is 79.1 cm³/mol. The zero-order valence-corrected chi connectivity index (χ0v) is 12.0. The van der Waals surface area contributed by atoms with Crippen LogP contribution in [-0.4, -0.2) is 12.2 Å². The lowest BCUT2D eigenvalue weighted by Gasteiger charge is -2.10. The molecule has 2 rings (SSSR count). The predicted octanol–water partition coefficient (Wildman–Crippen LogP) is 3.20. The number of aliphatic hydroxyl groups is 1. The second-order valence-corrected chi connectivity index (χ2v) is 4.68. The summed E-state index contributed by atoms with van der Waals surface area (Å²) in [5.74, 6) is 1.27. The Hall–Kier alpha value is -2.51. The molecular formula is C17H17NO3. The summed E-state index contributed by atoms with van der Waals surface area (Å²) in [6, 6.07) is 14.7. The average molecular weight is 283 g/mol. The summed E-state index contributed by atoms with van der Waals surface area (Å²) in [5.41, 5.74) is 2.27. The fraction of sp³-hybridized carbons (Fsp3) is 0.235. The minimum Gasteiger partial charge on any atom is -0.495 e. The van der Waals surface area contributed by atoms with Crippen molar-refractivity contribution in [1.82, 2.24) is 0 Å². The molecule has 0 heterocycles. The fourth-order valence-corrected chi connectivity index (χ4v) is 1.93. The summed E-state index contributed by atoms with van der Waals surface area (Å²) in [7, 11) is 1.54. The number of ether oxygens (including phenoxy) is 2. The first-order valence-electron chi connectivity index (χ1n) is 6.62. The van der Waals surface area contributed by atoms with Crippen LogP contribution in [-0.2, 0) is 6.61 Å². The topological polar surface area (TPSA) is 62.5 Å². The van der Waals surface area contributed by atoms with Crippen LogP contribution in [0.3, 0.4) is 0 Å². The Bertz CT molecular complexity index is 642. The number of rotatable bonds is 5. The van der Waals surface area contributed by atoms with Crippen LogP contribution in [0.25, 0.3) is 0 Å². The molecule has 0 saturated carbocycles. The van der Waals surface area contributed by atoms with Gasteiger partial charge in [0.25, 0.3) is 0 Å². The van der Waals surface area contributed by atoms with E-state index >= 15 is 0 Å². The van der Waals surface area contributed by atoms with Crippen molar-refractivity contribution in [2.75, 3.05) is 7.11 Å². The number of benzene rings is 2. The van der Waals surface area contributed by atoms with E-state index in [1.165, 1.54) is 7.11 Å². The fourth-order valence-electron chi connectivity index (χ4n) is 1.93. The average Bonchev–Trinajstić information content (AvgIpc) is 2.52. The summed E-state index contributed by atoms with van der Waals surface area (Å²) < 4.78 is 10.8. The maximum Gasteiger partial charge on any atom is 0.137 e. The molecule has 0 saturated heterocycles. The van der Waals surface area contributed by atoms with Gasteiger partial charge in [-0.3, -0.25) is 0 Å². The van der Waals surface area contributed by atoms with Gasteiger partial charge >= 0.3 is 0 Å². The minimum atomic E-state index is -0.484. The molecule has 0 bridgehead atoms. The van der Waals surface area contributed by atoms with Crippen molar-refractivity contribution in [3.05, 3.63) is 59.2 Å². The number of nitrogens with zero attached hydrogens (tertiary/aromatic N) is 1. The largest absolute Gasteiger partial charge is 0.495 e. The van der Waals surface area contributed by atoms with E-state index in [-0.39, 0.29) is 0 Å². The molecule has 0 aliphatic heterocycles. The lowest BCUT2D eigenvalue weighted by atomic mass is 10.1. The lowest BCUT2D eigenvalue weighted by molar-refractivity contribution is 0.199. The quantitative estimate of drug-likeness (QED) is 0.915. The molecule has 1 atom stereocenters. The lowest BCUT2D eigenvalue weighted by Crippen LogP contribution is -1.98. The Morgan fingerprint density at radius 2 is 1.90 bits per heavy atom. The normalized spacial score (nSPS) is 11.5. The van der Waals surface area contributed by atoms with Crippen molar-refractivity contribution in [2.45, 2.75) is 19.6 Å². The monoisotopic (exact) mass is 283 g/mol. The molecule has 0 aliphatic carbocycles. The Morgan fingerprint density at radius 1 is 1.19 bits per heavy atom. The van der Waals surface area contributed by atoms with Gasteiger partial charge in [0.1, 0.15) is 24.2 Å². The Kier molecular flexibility index (Phi) is 4.81. The zero-order chi connectivity index (χ0) is 15.2. The summed E-state index contributed by atoms with van der Waals surface area (Å²) in [6.45, 7) is 2.11. The molecule has 1 unspecified atom stereocenters. The van der Waals surface area contributed by atoms with Gasteiger partial charge in [-0.15, -0.1) is 0 Å². The van der Waals surface area contributed by atoms with Gasteiger partial charge in [0, 0.05) is 0 Å². The van der Waals surface area contributed by atoms with Crippen molar-refractivity contribution >= 4 is 0 Å². The van der Waals surface area contributed by atoms with Crippen LogP contribution in [0.4, 0.5) is 0 Å². The second-order valence-electron chi connectivity index (χ2n) is 4.68. The number of nitriles is 1. The molecule has 0 spiro atoms. The second kappa shape index (κ2) is 6.78. The SMILES string of the molecule is COc1cc(COc2ccc(C(C)O)cc2)ccc1C#N. The van der Waals surface area contributed by atoms with E-state index in [9.17, 15) is 5.11 Å². The molecule has 21 heavy (non-hydrogen) atoms. The minimum absolute atomic E-state index is 0.385. The maximum absolute atomic E-state index is 9.45. The first-order valence-corrected chi connectivity index (χ1v) is 6.62. The van der Waals surface area contributed by atoms with Crippen molar-refractivity contribution in [2.24, 2.45) is 0 Å². The van der Waals surface area contributed by atoms with Crippen molar-refractivity contribution in [3.63, 3.8) is 0 Å². The van der Waals surface area contributed by atoms with Crippen LogP contribution in [0, 0.1) is 11.3 Å². The van der Waals surface area contributed by atoms with Gasteiger partial charge < -0.3 is 14.6 Å². The number of hydrogen-bond donors (Lipinski definition) is 1. The third kappa shape index (κ3) is 3.74. The Labute approximate surface area is 124 Å². The van der Waals surface area contributed by atoms with Crippen LogP contribution < -0.4 is 9.47 Å². The van der Waals surface area contributed by atoms with Crippen LogP contribution >= 0.6 is 0 Å². The van der Waals surface area contributed by atoms with Crippen molar-refractivity contribution in [3.8, 4) is 17.6 Å². The van der Waals surface area contributed by atoms with Gasteiger partial charge in [0.2, 0.25) is 0 Å². The molecule has 2 aromatic carbocycles. The van der Waals surface area contributed by atoms with E-state index < -0.39 is 6.10 Å². The van der Waals surface area contributed by atoms with Crippen LogP contribution in [0.2, 0.25) is 0 Å². The number of hydrogen-bond acceptors (Lipinski definition) is 4. The molecule has 4 heteroatoms. The van der Waals surface area contributed by atoms with Gasteiger partial charge in [0.15, 0.2) is 0 Å². The van der Waals surface area contributed by atoms with E-state index in [1.54, 1.807) is 19.1 Å². The van der Waals surface area contributed by atoms with Crippen LogP contribution in [0.15, 0.2) is 42.5 Å². The zero-order valence-electron chi connectivity index (χ0n) is 12.0. The highest BCUT2D eigenvalue weighted by molar-refractivity contribution is 5.45. The third-order valence-electron chi connectivity index (χ3n) is 3.15. The molecule has 4 nitrogen and oxygen atoms in total. The van der Waals surface area contributed by atoms with Gasteiger partial charge in [-0.25, -0.2) is 0 Å². The molecule has 0 fully saturated rings. The molecule has 0 aromatic heterocycles. The standard InChI is InChI=1S/C17H17NO3/c1-12(19)14-5-7-16(8-6-14)21-11-13-3-4-15(10-18)17(9-13)20-2/h3-9,12,19H,11H2,1-2H3. The first-order chi connectivity index (χ1) is 10.1. The summed E-state index contributed by atoms with van der Waals surface area (Å²) in [5, 5.41) is 18.4. The molecule has 108 valence electrons. The Balaban J connectivity index is 2.04. The molecule has 1 N–H and O–H groups in total. The summed E-state index contributed by atoms with van der Waals surface area (Å²) in [6.07, 6.45) is -0.484. The molecule has 2 aromatic rings. The van der Waals surface area contributed by atoms with Gasteiger partial charge in [0.05, 0.1) is 18.8 Å². The third-order valence-corrected chi connectivity index (χ3v) is 3.15. The van der Waals surface area contributed by atoms with Crippen molar-refractivity contribution < 1.29 is 14.6 Å². The molecule has 0 aliphatic rings. The van der Waals surface area contributed by atoms with E-state index in [0.29, 0.717) is 17.9 Å². The summed E-state index contributed by atoms with van der Waals surface area (Å²) in [4.78, 5) is 0. The number of methoxy groups -OCH3 is 1. The Morgan fingerprint density at radius 3 is 2.48 bits per heavy atom. The molecule has 0 radical (unpaired) electrons. The van der Waals surface area contributed by atoms with Gasteiger partial charge in [-0.05, 0) is 42.3 Å². The molecule has 0 amide bonds. The molecular weight excluding hydrogens is 266 g/mol. The highest BCUT2D eigenvalue weighted by Gasteiger charge is 2.05. The highest BCUT2D eigenvalue weighted by Crippen LogP contribution is 2.22. The van der Waals surface area contributed by atoms with Crippen molar-refractivity contribution in [1.29, 1.82) is 5.26 Å².